The number of rotatable bonds is 9. The number of carbonyl (C=O) groups excluding carboxylic acids is 1. The molecule has 0 radical (unpaired) electrons. The van der Waals surface area contributed by atoms with Gasteiger partial charge in [-0.25, -0.2) is 0 Å². The molecule has 0 aliphatic rings. The topological polar surface area (TPSA) is 50.8 Å². The van der Waals surface area contributed by atoms with Crippen LogP contribution in [0.3, 0.4) is 0 Å². The lowest BCUT2D eigenvalue weighted by molar-refractivity contribution is -0.117. The zero-order valence-corrected chi connectivity index (χ0v) is 16.2. The normalized spacial score (nSPS) is 10.7. The van der Waals surface area contributed by atoms with E-state index in [1.807, 2.05) is 44.2 Å². The minimum absolute atomic E-state index is 0.0768. The summed E-state index contributed by atoms with van der Waals surface area (Å²) in [5, 5.41) is 3.47. The van der Waals surface area contributed by atoms with Crippen LogP contribution in [0.1, 0.15) is 19.4 Å². The zero-order valence-electron chi connectivity index (χ0n) is 15.4. The molecule has 0 aliphatic carbocycles. The quantitative estimate of drug-likeness (QED) is 0.712. The number of likely N-dealkylation sites (N-methyl/N-ethyl adjacent to an activating group) is 1. The summed E-state index contributed by atoms with van der Waals surface area (Å²) in [4.78, 5) is 14.4. The third-order valence-electron chi connectivity index (χ3n) is 3.86. The van der Waals surface area contributed by atoms with E-state index >= 15 is 0 Å². The van der Waals surface area contributed by atoms with Crippen LogP contribution in [0.25, 0.3) is 0 Å². The Labute approximate surface area is 159 Å². The van der Waals surface area contributed by atoms with Crippen LogP contribution in [-0.4, -0.2) is 37.6 Å². The Kier molecular flexibility index (Phi) is 7.75. The highest BCUT2D eigenvalue weighted by Crippen LogP contribution is 2.28. The monoisotopic (exact) mass is 376 g/mol. The number of anilines is 1. The molecule has 0 unspecified atom stereocenters. The summed E-state index contributed by atoms with van der Waals surface area (Å²) in [7, 11) is 1.62. The van der Waals surface area contributed by atoms with Gasteiger partial charge in [-0.1, -0.05) is 30.7 Å². The Hall–Kier alpha value is -2.24. The third kappa shape index (κ3) is 5.93. The molecular weight excluding hydrogens is 352 g/mol. The Morgan fingerprint density at radius 1 is 1.15 bits per heavy atom. The van der Waals surface area contributed by atoms with Crippen molar-refractivity contribution in [1.29, 1.82) is 0 Å². The summed E-state index contributed by atoms with van der Waals surface area (Å²) in [6, 6.07) is 13.0. The number of amides is 1. The molecule has 2 aromatic rings. The van der Waals surface area contributed by atoms with Crippen molar-refractivity contribution in [3.63, 3.8) is 0 Å². The fourth-order valence-corrected chi connectivity index (χ4v) is 2.78. The Balaban J connectivity index is 1.99. The standard InChI is InChI=1S/C20H25ClN2O3/c1-4-23(14-20(24)22-17-8-6-7-16(21)12-17)13-15-9-10-18(26-5-2)19(11-15)25-3/h6-12H,4-5,13-14H2,1-3H3,(H,22,24). The van der Waals surface area contributed by atoms with Crippen molar-refractivity contribution in [3.8, 4) is 11.5 Å². The number of benzene rings is 2. The van der Waals surface area contributed by atoms with Gasteiger partial charge in [0.25, 0.3) is 0 Å². The fourth-order valence-electron chi connectivity index (χ4n) is 2.59. The number of halogens is 1. The summed E-state index contributed by atoms with van der Waals surface area (Å²) in [5.41, 5.74) is 1.75. The van der Waals surface area contributed by atoms with E-state index in [-0.39, 0.29) is 5.91 Å². The zero-order chi connectivity index (χ0) is 18.9. The number of nitrogens with one attached hydrogen (secondary N) is 1. The molecule has 0 fully saturated rings. The van der Waals surface area contributed by atoms with Crippen molar-refractivity contribution < 1.29 is 14.3 Å². The molecule has 1 amide bonds. The van der Waals surface area contributed by atoms with Gasteiger partial charge in [0.1, 0.15) is 0 Å². The lowest BCUT2D eigenvalue weighted by Crippen LogP contribution is -2.32. The maximum absolute atomic E-state index is 12.3. The molecule has 1 N–H and O–H groups in total. The first kappa shape index (κ1) is 20.1. The van der Waals surface area contributed by atoms with Gasteiger partial charge in [-0.3, -0.25) is 9.69 Å². The first-order valence-corrected chi connectivity index (χ1v) is 9.01. The lowest BCUT2D eigenvalue weighted by Gasteiger charge is -2.21. The number of hydrogen-bond acceptors (Lipinski definition) is 4. The molecule has 0 bridgehead atoms. The second-order valence-electron chi connectivity index (χ2n) is 5.78. The van der Waals surface area contributed by atoms with Crippen molar-refractivity contribution in [2.45, 2.75) is 20.4 Å². The molecule has 0 aromatic heterocycles. The summed E-state index contributed by atoms with van der Waals surface area (Å²) < 4.78 is 10.9. The van der Waals surface area contributed by atoms with Gasteiger partial charge < -0.3 is 14.8 Å². The summed E-state index contributed by atoms with van der Waals surface area (Å²) in [6.07, 6.45) is 0. The smallest absolute Gasteiger partial charge is 0.238 e. The van der Waals surface area contributed by atoms with E-state index in [1.165, 1.54) is 0 Å². The highest BCUT2D eigenvalue weighted by Gasteiger charge is 2.12. The molecule has 6 heteroatoms. The average Bonchev–Trinajstić information content (AvgIpc) is 2.62. The van der Waals surface area contributed by atoms with Crippen molar-refractivity contribution >= 4 is 23.2 Å². The fraction of sp³-hybridized carbons (Fsp3) is 0.350. The molecule has 2 aromatic carbocycles. The third-order valence-corrected chi connectivity index (χ3v) is 4.09. The first-order valence-electron chi connectivity index (χ1n) is 8.63. The predicted molar refractivity (Wildman–Crippen MR) is 105 cm³/mol. The number of carbonyl (C=O) groups is 1. The lowest BCUT2D eigenvalue weighted by atomic mass is 10.2. The van der Waals surface area contributed by atoms with Gasteiger partial charge in [0.15, 0.2) is 11.5 Å². The number of hydrogen-bond donors (Lipinski definition) is 1. The van der Waals surface area contributed by atoms with Crippen molar-refractivity contribution in [2.24, 2.45) is 0 Å². The molecular formula is C20H25ClN2O3. The van der Waals surface area contributed by atoms with Crippen LogP contribution in [0.5, 0.6) is 11.5 Å². The molecule has 5 nitrogen and oxygen atoms in total. The number of nitrogens with zero attached hydrogens (tertiary/aromatic N) is 1. The molecule has 0 saturated heterocycles. The highest BCUT2D eigenvalue weighted by atomic mass is 35.5. The van der Waals surface area contributed by atoms with Gasteiger partial charge in [0.2, 0.25) is 5.91 Å². The second-order valence-corrected chi connectivity index (χ2v) is 6.22. The average molecular weight is 377 g/mol. The van der Waals surface area contributed by atoms with Gasteiger partial charge in [-0.05, 0) is 49.4 Å². The molecule has 140 valence electrons. The number of methoxy groups -OCH3 is 1. The minimum atomic E-state index is -0.0768. The first-order chi connectivity index (χ1) is 12.5. The molecule has 0 spiro atoms. The molecule has 0 atom stereocenters. The van der Waals surface area contributed by atoms with Crippen LogP contribution in [0.15, 0.2) is 42.5 Å². The Morgan fingerprint density at radius 2 is 1.96 bits per heavy atom. The van der Waals surface area contributed by atoms with Crippen LogP contribution in [-0.2, 0) is 11.3 Å². The van der Waals surface area contributed by atoms with Crippen molar-refractivity contribution in [2.75, 3.05) is 32.1 Å². The largest absolute Gasteiger partial charge is 0.493 e. The van der Waals surface area contributed by atoms with E-state index in [2.05, 4.69) is 10.2 Å². The van der Waals surface area contributed by atoms with E-state index in [4.69, 9.17) is 21.1 Å². The second kappa shape index (κ2) is 10.0. The van der Waals surface area contributed by atoms with Gasteiger partial charge in [-0.2, -0.15) is 0 Å². The van der Waals surface area contributed by atoms with E-state index in [1.54, 1.807) is 19.2 Å². The predicted octanol–water partition coefficient (Wildman–Crippen LogP) is 4.21. The highest BCUT2D eigenvalue weighted by molar-refractivity contribution is 6.30. The van der Waals surface area contributed by atoms with Crippen LogP contribution < -0.4 is 14.8 Å². The van der Waals surface area contributed by atoms with Crippen LogP contribution in [0.4, 0.5) is 5.69 Å². The summed E-state index contributed by atoms with van der Waals surface area (Å²) in [5.74, 6) is 1.34. The van der Waals surface area contributed by atoms with E-state index in [0.717, 1.165) is 17.9 Å². The maximum atomic E-state index is 12.3. The minimum Gasteiger partial charge on any atom is -0.493 e. The van der Waals surface area contributed by atoms with Gasteiger partial charge in [0.05, 0.1) is 20.3 Å². The summed E-state index contributed by atoms with van der Waals surface area (Å²) in [6.45, 7) is 6.23. The Morgan fingerprint density at radius 3 is 2.62 bits per heavy atom. The van der Waals surface area contributed by atoms with E-state index in [9.17, 15) is 4.79 Å². The van der Waals surface area contributed by atoms with Crippen molar-refractivity contribution in [3.05, 3.63) is 53.1 Å². The SMILES string of the molecule is CCOc1ccc(CN(CC)CC(=O)Nc2cccc(Cl)c2)cc1OC. The molecule has 0 heterocycles. The van der Waals surface area contributed by atoms with Gasteiger partial charge in [0, 0.05) is 17.3 Å². The number of ether oxygens (including phenoxy) is 2. The van der Waals surface area contributed by atoms with Gasteiger partial charge in [-0.15, -0.1) is 0 Å². The summed E-state index contributed by atoms with van der Waals surface area (Å²) >= 11 is 5.95. The van der Waals surface area contributed by atoms with Crippen LogP contribution in [0, 0.1) is 0 Å². The molecule has 2 rings (SSSR count). The van der Waals surface area contributed by atoms with Gasteiger partial charge >= 0.3 is 0 Å². The Bertz CT molecular complexity index is 737. The molecule has 0 saturated carbocycles. The van der Waals surface area contributed by atoms with Crippen molar-refractivity contribution in [1.82, 2.24) is 4.90 Å². The van der Waals surface area contributed by atoms with E-state index in [0.29, 0.717) is 36.2 Å². The van der Waals surface area contributed by atoms with E-state index < -0.39 is 0 Å². The molecule has 26 heavy (non-hydrogen) atoms. The van der Waals surface area contributed by atoms with Crippen LogP contribution in [0.2, 0.25) is 5.02 Å². The molecule has 0 aliphatic heterocycles. The van der Waals surface area contributed by atoms with Crippen LogP contribution >= 0.6 is 11.6 Å². The maximum Gasteiger partial charge on any atom is 0.238 e.